The maximum atomic E-state index is 12.9. The molecule has 0 aliphatic rings. The maximum absolute atomic E-state index is 12.9. The smallest absolute Gasteiger partial charge is 0.872 e. The molecule has 0 atom stereocenters. The van der Waals surface area contributed by atoms with Crippen LogP contribution in [0.2, 0.25) is 5.02 Å². The van der Waals surface area contributed by atoms with Crippen LogP contribution in [-0.4, -0.2) is 12.6 Å². The molecule has 1 aromatic rings. The van der Waals surface area contributed by atoms with E-state index in [9.17, 15) is 14.3 Å². The Hall–Kier alpha value is -0.953. The van der Waals surface area contributed by atoms with Gasteiger partial charge in [0.05, 0.1) is 6.61 Å². The summed E-state index contributed by atoms with van der Waals surface area (Å²) in [5.41, 5.74) is 0.0121. The van der Waals surface area contributed by atoms with Crippen LogP contribution in [0.3, 0.4) is 0 Å². The number of hydrogen-bond donors (Lipinski definition) is 0. The number of esters is 1. The van der Waals surface area contributed by atoms with E-state index in [0.29, 0.717) is 0 Å². The molecule has 0 unspecified atom stereocenters. The van der Waals surface area contributed by atoms with Crippen LogP contribution in [0, 0.1) is 5.82 Å². The van der Waals surface area contributed by atoms with Crippen LogP contribution in [0.15, 0.2) is 24.3 Å². The van der Waals surface area contributed by atoms with Crippen LogP contribution in [0.1, 0.15) is 12.5 Å². The van der Waals surface area contributed by atoms with E-state index in [1.807, 2.05) is 0 Å². The van der Waals surface area contributed by atoms with Gasteiger partial charge in [0.1, 0.15) is 5.82 Å². The molecule has 0 saturated carbocycles. The Balaban J connectivity index is 0.00000256. The van der Waals surface area contributed by atoms with Gasteiger partial charge in [-0.1, -0.05) is 17.4 Å². The summed E-state index contributed by atoms with van der Waals surface area (Å²) >= 11 is 5.57. The van der Waals surface area contributed by atoms with Crippen molar-refractivity contribution in [3.05, 3.63) is 40.7 Å². The van der Waals surface area contributed by atoms with Crippen molar-refractivity contribution >= 4 is 23.3 Å². The fourth-order valence-electron chi connectivity index (χ4n) is 1.07. The molecular weight excluding hydrogens is 242 g/mol. The summed E-state index contributed by atoms with van der Waals surface area (Å²) in [6.45, 7) is 1.79. The van der Waals surface area contributed by atoms with Crippen molar-refractivity contribution in [3.63, 3.8) is 0 Å². The van der Waals surface area contributed by atoms with Gasteiger partial charge < -0.3 is 9.84 Å². The van der Waals surface area contributed by atoms with Crippen LogP contribution in [0.25, 0.3) is 5.76 Å². The zero-order valence-corrected chi connectivity index (χ0v) is 10.3. The van der Waals surface area contributed by atoms with Gasteiger partial charge in [0, 0.05) is 11.1 Å². The third-order valence-electron chi connectivity index (χ3n) is 1.68. The Bertz CT molecular complexity index is 414. The molecular formula is C11H9ClFLiO3. The summed E-state index contributed by atoms with van der Waals surface area (Å²) in [6, 6.07) is 3.36. The zero-order valence-electron chi connectivity index (χ0n) is 9.50. The van der Waals surface area contributed by atoms with Crippen molar-refractivity contribution in [1.29, 1.82) is 0 Å². The molecule has 0 radical (unpaired) electrons. The first kappa shape index (κ1) is 16.0. The van der Waals surface area contributed by atoms with E-state index < -0.39 is 17.5 Å². The molecule has 0 saturated heterocycles. The first-order valence-electron chi connectivity index (χ1n) is 4.55. The van der Waals surface area contributed by atoms with Crippen molar-refractivity contribution in [2.75, 3.05) is 6.61 Å². The molecule has 0 fully saturated rings. The maximum Gasteiger partial charge on any atom is 1.00 e. The van der Waals surface area contributed by atoms with E-state index in [2.05, 4.69) is 4.74 Å². The Kier molecular flexibility index (Phi) is 6.97. The molecule has 0 aromatic heterocycles. The molecule has 0 aliphatic heterocycles. The summed E-state index contributed by atoms with van der Waals surface area (Å²) in [4.78, 5) is 11.0. The summed E-state index contributed by atoms with van der Waals surface area (Å²) < 4.78 is 17.5. The minimum absolute atomic E-state index is 0. The van der Waals surface area contributed by atoms with Gasteiger partial charge in [0.25, 0.3) is 0 Å². The van der Waals surface area contributed by atoms with E-state index in [-0.39, 0.29) is 36.1 Å². The quantitative estimate of drug-likeness (QED) is 0.291. The van der Waals surface area contributed by atoms with E-state index in [1.165, 1.54) is 6.07 Å². The summed E-state index contributed by atoms with van der Waals surface area (Å²) in [6.07, 6.45) is 0.759. The van der Waals surface area contributed by atoms with Gasteiger partial charge in [-0.25, -0.2) is 9.18 Å². The SMILES string of the molecule is CCOC(=O)/C=C(\[O-])c1cc(F)cc(Cl)c1.[Li+]. The second-order valence-corrected chi connectivity index (χ2v) is 3.36. The van der Waals surface area contributed by atoms with Crippen molar-refractivity contribution in [2.45, 2.75) is 6.92 Å². The Labute approximate surface area is 115 Å². The van der Waals surface area contributed by atoms with Crippen molar-refractivity contribution in [3.8, 4) is 0 Å². The first-order chi connectivity index (χ1) is 7.52. The van der Waals surface area contributed by atoms with Crippen LogP contribution in [0.5, 0.6) is 0 Å². The predicted molar refractivity (Wildman–Crippen MR) is 56.0 cm³/mol. The number of hydrogen-bond acceptors (Lipinski definition) is 3. The Morgan fingerprint density at radius 1 is 1.53 bits per heavy atom. The van der Waals surface area contributed by atoms with E-state index in [0.717, 1.165) is 18.2 Å². The molecule has 17 heavy (non-hydrogen) atoms. The number of rotatable bonds is 3. The van der Waals surface area contributed by atoms with E-state index >= 15 is 0 Å². The molecule has 3 nitrogen and oxygen atoms in total. The molecule has 1 aromatic carbocycles. The third-order valence-corrected chi connectivity index (χ3v) is 1.90. The van der Waals surface area contributed by atoms with Gasteiger partial charge in [-0.3, -0.25) is 0 Å². The normalized spacial score (nSPS) is 10.6. The topological polar surface area (TPSA) is 49.4 Å². The number of ether oxygens (including phenoxy) is 1. The number of carbonyl (C=O) groups is 1. The minimum atomic E-state index is -0.757. The fourth-order valence-corrected chi connectivity index (χ4v) is 1.29. The van der Waals surface area contributed by atoms with Crippen molar-refractivity contribution in [1.82, 2.24) is 0 Å². The van der Waals surface area contributed by atoms with Gasteiger partial charge in [-0.15, -0.1) is 0 Å². The van der Waals surface area contributed by atoms with Gasteiger partial charge in [-0.05, 0) is 30.7 Å². The molecule has 0 aliphatic carbocycles. The number of carbonyl (C=O) groups excluding carboxylic acids is 1. The fraction of sp³-hybridized carbons (Fsp3) is 0.182. The van der Waals surface area contributed by atoms with Gasteiger partial charge in [0.15, 0.2) is 0 Å². The van der Waals surface area contributed by atoms with Gasteiger partial charge in [-0.2, -0.15) is 0 Å². The number of benzene rings is 1. The van der Waals surface area contributed by atoms with Crippen molar-refractivity contribution in [2.24, 2.45) is 0 Å². The number of halogens is 2. The average molecular weight is 251 g/mol. The second kappa shape index (κ2) is 7.39. The van der Waals surface area contributed by atoms with E-state index in [4.69, 9.17) is 11.6 Å². The standard InChI is InChI=1S/C11H10ClFO3.Li/c1-2-16-11(15)6-10(14)7-3-8(12)5-9(13)4-7;/h3-6,14H,2H2,1H3;/q;+1/p-1/b10-6-;. The monoisotopic (exact) mass is 250 g/mol. The molecule has 0 spiro atoms. The molecule has 1 rings (SSSR count). The zero-order chi connectivity index (χ0) is 12.1. The van der Waals surface area contributed by atoms with Gasteiger partial charge >= 0.3 is 24.8 Å². The molecule has 86 valence electrons. The minimum Gasteiger partial charge on any atom is -0.872 e. The molecule has 0 N–H and O–H groups in total. The summed E-state index contributed by atoms with van der Waals surface area (Å²) in [7, 11) is 0. The Morgan fingerprint density at radius 2 is 2.18 bits per heavy atom. The second-order valence-electron chi connectivity index (χ2n) is 2.92. The van der Waals surface area contributed by atoms with Gasteiger partial charge in [0.2, 0.25) is 0 Å². The largest absolute Gasteiger partial charge is 1.00 e. The molecule has 0 heterocycles. The first-order valence-corrected chi connectivity index (χ1v) is 4.92. The van der Waals surface area contributed by atoms with Crippen LogP contribution in [-0.2, 0) is 9.53 Å². The average Bonchev–Trinajstić information content (AvgIpc) is 2.16. The summed E-state index contributed by atoms with van der Waals surface area (Å²) in [5, 5.41) is 11.6. The predicted octanol–water partition coefficient (Wildman–Crippen LogP) is -1.25. The molecule has 0 bridgehead atoms. The van der Waals surface area contributed by atoms with Crippen LogP contribution >= 0.6 is 11.6 Å². The van der Waals surface area contributed by atoms with Crippen molar-refractivity contribution < 1.29 is 37.9 Å². The third kappa shape index (κ3) is 5.27. The van der Waals surface area contributed by atoms with E-state index in [1.54, 1.807) is 6.92 Å². The summed E-state index contributed by atoms with van der Waals surface area (Å²) in [5.74, 6) is -2.03. The molecule has 0 amide bonds. The Morgan fingerprint density at radius 3 is 2.71 bits per heavy atom. The van der Waals surface area contributed by atoms with Crippen LogP contribution in [0.4, 0.5) is 4.39 Å². The van der Waals surface area contributed by atoms with Crippen LogP contribution < -0.4 is 24.0 Å². The molecule has 6 heteroatoms.